The molecule has 5 heteroatoms. The summed E-state index contributed by atoms with van der Waals surface area (Å²) in [6, 6.07) is 0. The SMILES string of the molecule is O=C(N=S(=O)=O)C12CCC(CC1)C2. The lowest BCUT2D eigenvalue weighted by Crippen LogP contribution is -2.24. The van der Waals surface area contributed by atoms with E-state index in [-0.39, 0.29) is 0 Å². The maximum Gasteiger partial charge on any atom is 0.319 e. The molecule has 2 fully saturated rings. The van der Waals surface area contributed by atoms with E-state index in [0.717, 1.165) is 32.1 Å². The normalized spacial score (nSPS) is 36.2. The Hall–Kier alpha value is -0.710. The molecule has 2 saturated carbocycles. The Morgan fingerprint density at radius 1 is 1.31 bits per heavy atom. The van der Waals surface area contributed by atoms with Gasteiger partial charge in [-0.25, -0.2) is 0 Å². The molecule has 0 N–H and O–H groups in total. The first-order chi connectivity index (χ1) is 6.12. The van der Waals surface area contributed by atoms with Crippen molar-refractivity contribution < 1.29 is 13.2 Å². The van der Waals surface area contributed by atoms with Crippen LogP contribution in [0.1, 0.15) is 32.1 Å². The van der Waals surface area contributed by atoms with Gasteiger partial charge in [0, 0.05) is 0 Å². The molecule has 0 saturated heterocycles. The molecular formula is C8H11NO3S. The quantitative estimate of drug-likeness (QED) is 0.639. The highest BCUT2D eigenvalue weighted by molar-refractivity contribution is 7.62. The maximum absolute atomic E-state index is 11.5. The second kappa shape index (κ2) is 2.90. The third-order valence-electron chi connectivity index (χ3n) is 3.35. The van der Waals surface area contributed by atoms with Crippen molar-refractivity contribution in [3.05, 3.63) is 0 Å². The van der Waals surface area contributed by atoms with E-state index < -0.39 is 21.8 Å². The number of hydrogen-bond acceptors (Lipinski definition) is 3. The number of hydrogen-bond donors (Lipinski definition) is 0. The molecule has 0 radical (unpaired) electrons. The standard InChI is InChI=1S/C8H11NO3S/c10-7(9-13(11)12)8-3-1-6(5-8)2-4-8/h6H,1-5H2. The van der Waals surface area contributed by atoms with Crippen LogP contribution in [0.3, 0.4) is 0 Å². The minimum atomic E-state index is -2.58. The first-order valence-electron chi connectivity index (χ1n) is 4.48. The molecule has 4 nitrogen and oxygen atoms in total. The van der Waals surface area contributed by atoms with Crippen molar-refractivity contribution in [3.63, 3.8) is 0 Å². The molecule has 0 aromatic heterocycles. The topological polar surface area (TPSA) is 63.6 Å². The molecule has 0 heterocycles. The van der Waals surface area contributed by atoms with Crippen LogP contribution in [-0.2, 0) is 15.3 Å². The van der Waals surface area contributed by atoms with Crippen LogP contribution in [0, 0.1) is 11.3 Å². The van der Waals surface area contributed by atoms with Gasteiger partial charge in [0.2, 0.25) is 0 Å². The van der Waals surface area contributed by atoms with E-state index in [2.05, 4.69) is 4.36 Å². The molecule has 2 rings (SSSR count). The molecule has 0 spiro atoms. The molecule has 13 heavy (non-hydrogen) atoms. The van der Waals surface area contributed by atoms with Crippen LogP contribution < -0.4 is 0 Å². The Morgan fingerprint density at radius 3 is 2.31 bits per heavy atom. The smallest absolute Gasteiger partial charge is 0.271 e. The number of carbonyl (C=O) groups excluding carboxylic acids is 1. The van der Waals surface area contributed by atoms with Crippen LogP contribution in [0.2, 0.25) is 0 Å². The zero-order valence-electron chi connectivity index (χ0n) is 7.19. The van der Waals surface area contributed by atoms with Crippen molar-refractivity contribution in [3.8, 4) is 0 Å². The molecule has 0 aliphatic heterocycles. The molecule has 0 unspecified atom stereocenters. The Morgan fingerprint density at radius 2 is 1.92 bits per heavy atom. The third-order valence-corrected chi connectivity index (χ3v) is 3.67. The van der Waals surface area contributed by atoms with Gasteiger partial charge in [-0.05, 0) is 38.0 Å². The molecule has 2 aliphatic carbocycles. The number of rotatable bonds is 1. The Balaban J connectivity index is 2.25. The van der Waals surface area contributed by atoms with E-state index in [0.29, 0.717) is 5.92 Å². The maximum atomic E-state index is 11.5. The lowest BCUT2D eigenvalue weighted by atomic mass is 9.84. The van der Waals surface area contributed by atoms with Gasteiger partial charge in [0.1, 0.15) is 0 Å². The summed E-state index contributed by atoms with van der Waals surface area (Å²) in [5.41, 5.74) is -0.398. The van der Waals surface area contributed by atoms with E-state index in [9.17, 15) is 13.2 Å². The van der Waals surface area contributed by atoms with Crippen molar-refractivity contribution in [2.75, 3.05) is 0 Å². The molecule has 0 aromatic carbocycles. The van der Waals surface area contributed by atoms with Crippen molar-refractivity contribution >= 4 is 16.4 Å². The Bertz CT molecular complexity index is 355. The van der Waals surface area contributed by atoms with Crippen LogP contribution in [0.4, 0.5) is 0 Å². The number of carbonyl (C=O) groups is 1. The van der Waals surface area contributed by atoms with Gasteiger partial charge in [-0.15, -0.1) is 0 Å². The van der Waals surface area contributed by atoms with E-state index in [1.807, 2.05) is 0 Å². The summed E-state index contributed by atoms with van der Waals surface area (Å²) in [6.45, 7) is 0. The van der Waals surface area contributed by atoms with Crippen LogP contribution >= 0.6 is 0 Å². The van der Waals surface area contributed by atoms with Gasteiger partial charge in [-0.2, -0.15) is 8.42 Å². The summed E-state index contributed by atoms with van der Waals surface area (Å²) in [4.78, 5) is 11.5. The lowest BCUT2D eigenvalue weighted by molar-refractivity contribution is -0.126. The highest BCUT2D eigenvalue weighted by atomic mass is 32.2. The lowest BCUT2D eigenvalue weighted by Gasteiger charge is -2.20. The Labute approximate surface area is 78.0 Å². The van der Waals surface area contributed by atoms with E-state index in [1.54, 1.807) is 0 Å². The van der Waals surface area contributed by atoms with Crippen LogP contribution in [0.15, 0.2) is 4.36 Å². The molecule has 2 aliphatic rings. The fourth-order valence-corrected chi connectivity index (χ4v) is 2.99. The molecule has 72 valence electrons. The number of amides is 1. The fraction of sp³-hybridized carbons (Fsp3) is 0.875. The highest BCUT2D eigenvalue weighted by Gasteiger charge is 2.50. The largest absolute Gasteiger partial charge is 0.319 e. The van der Waals surface area contributed by atoms with Crippen molar-refractivity contribution in [2.24, 2.45) is 15.7 Å². The zero-order chi connectivity index (χ0) is 9.47. The molecule has 1 amide bonds. The average molecular weight is 201 g/mol. The van der Waals surface area contributed by atoms with Crippen molar-refractivity contribution in [1.82, 2.24) is 0 Å². The van der Waals surface area contributed by atoms with Gasteiger partial charge in [0.15, 0.2) is 0 Å². The minimum absolute atomic E-state index is 0.398. The van der Waals surface area contributed by atoms with E-state index in [4.69, 9.17) is 0 Å². The van der Waals surface area contributed by atoms with Gasteiger partial charge in [0.05, 0.1) is 5.41 Å². The summed E-state index contributed by atoms with van der Waals surface area (Å²) in [7, 11) is -2.58. The first kappa shape index (κ1) is 8.87. The van der Waals surface area contributed by atoms with Gasteiger partial charge in [-0.3, -0.25) is 4.79 Å². The summed E-state index contributed by atoms with van der Waals surface area (Å²) in [5, 5.41) is 0. The molecule has 2 bridgehead atoms. The molecule has 0 aromatic rings. The molecule has 0 atom stereocenters. The second-order valence-electron chi connectivity index (χ2n) is 4.04. The predicted molar refractivity (Wildman–Crippen MR) is 45.4 cm³/mol. The summed E-state index contributed by atoms with van der Waals surface area (Å²) in [5.74, 6) is 0.222. The van der Waals surface area contributed by atoms with E-state index in [1.165, 1.54) is 0 Å². The molecular weight excluding hydrogens is 190 g/mol. The highest BCUT2D eigenvalue weighted by Crippen LogP contribution is 2.54. The second-order valence-corrected chi connectivity index (χ2v) is 4.66. The van der Waals surface area contributed by atoms with Crippen molar-refractivity contribution in [2.45, 2.75) is 32.1 Å². The van der Waals surface area contributed by atoms with Gasteiger partial charge in [-0.1, -0.05) is 4.36 Å². The zero-order valence-corrected chi connectivity index (χ0v) is 8.01. The fourth-order valence-electron chi connectivity index (χ4n) is 2.66. The number of nitrogens with zero attached hydrogens (tertiary/aromatic N) is 1. The van der Waals surface area contributed by atoms with Crippen LogP contribution in [0.5, 0.6) is 0 Å². The van der Waals surface area contributed by atoms with E-state index >= 15 is 0 Å². The monoisotopic (exact) mass is 201 g/mol. The summed E-state index contributed by atoms with van der Waals surface area (Å²) >= 11 is 0. The Kier molecular flexibility index (Phi) is 1.98. The van der Waals surface area contributed by atoms with Crippen LogP contribution in [0.25, 0.3) is 0 Å². The van der Waals surface area contributed by atoms with Gasteiger partial charge < -0.3 is 0 Å². The first-order valence-corrected chi connectivity index (χ1v) is 5.51. The summed E-state index contributed by atoms with van der Waals surface area (Å²) < 4.78 is 23.6. The van der Waals surface area contributed by atoms with Gasteiger partial charge in [0.25, 0.3) is 5.91 Å². The predicted octanol–water partition coefficient (Wildman–Crippen LogP) is 1.16. The minimum Gasteiger partial charge on any atom is -0.271 e. The van der Waals surface area contributed by atoms with Crippen molar-refractivity contribution in [1.29, 1.82) is 0 Å². The summed E-state index contributed by atoms with van der Waals surface area (Å²) in [6.07, 6.45) is 4.64. The number of fused-ring (bicyclic) bond motifs is 2. The third kappa shape index (κ3) is 1.41. The van der Waals surface area contributed by atoms with Crippen LogP contribution in [-0.4, -0.2) is 14.3 Å². The van der Waals surface area contributed by atoms with Gasteiger partial charge >= 0.3 is 10.5 Å². The average Bonchev–Trinajstić information content (AvgIpc) is 2.62.